The monoisotopic (exact) mass is 305 g/mol. The summed E-state index contributed by atoms with van der Waals surface area (Å²) in [4.78, 5) is 15.9. The first-order chi connectivity index (χ1) is 11.3. The number of carbonyl (C=O) groups is 1. The van der Waals surface area contributed by atoms with E-state index in [0.717, 1.165) is 46.1 Å². The normalized spacial score (nSPS) is 14.2. The molecule has 4 rings (SSSR count). The SMILES string of the molecule is O=C1CCCc2c(-c3cccc(CCO)c3)[nH]c3cccc1c23. The maximum Gasteiger partial charge on any atom is 0.163 e. The fraction of sp³-hybridized carbons (Fsp3) is 0.250. The van der Waals surface area contributed by atoms with Crippen LogP contribution in [-0.2, 0) is 12.8 Å². The highest BCUT2D eigenvalue weighted by Crippen LogP contribution is 2.36. The summed E-state index contributed by atoms with van der Waals surface area (Å²) in [6.45, 7) is 0.154. The van der Waals surface area contributed by atoms with Gasteiger partial charge in [0, 0.05) is 35.2 Å². The van der Waals surface area contributed by atoms with Crippen LogP contribution in [0.5, 0.6) is 0 Å². The van der Waals surface area contributed by atoms with Crippen LogP contribution >= 0.6 is 0 Å². The van der Waals surface area contributed by atoms with Crippen molar-refractivity contribution < 1.29 is 9.90 Å². The van der Waals surface area contributed by atoms with Crippen LogP contribution in [0.4, 0.5) is 0 Å². The topological polar surface area (TPSA) is 53.1 Å². The van der Waals surface area contributed by atoms with E-state index in [2.05, 4.69) is 17.1 Å². The molecule has 1 aliphatic carbocycles. The third-order valence-electron chi connectivity index (χ3n) is 4.67. The molecule has 1 aromatic heterocycles. The summed E-state index contributed by atoms with van der Waals surface area (Å²) in [7, 11) is 0. The summed E-state index contributed by atoms with van der Waals surface area (Å²) >= 11 is 0. The van der Waals surface area contributed by atoms with Crippen LogP contribution in [0.25, 0.3) is 22.2 Å². The molecular formula is C20H19NO2. The molecule has 0 unspecified atom stereocenters. The molecule has 0 radical (unpaired) electrons. The van der Waals surface area contributed by atoms with Crippen molar-refractivity contribution in [1.82, 2.24) is 4.98 Å². The summed E-state index contributed by atoms with van der Waals surface area (Å²) in [5, 5.41) is 10.3. The average molecular weight is 305 g/mol. The number of hydrogen-bond donors (Lipinski definition) is 2. The Hall–Kier alpha value is -2.39. The van der Waals surface area contributed by atoms with E-state index < -0.39 is 0 Å². The van der Waals surface area contributed by atoms with E-state index in [1.54, 1.807) is 0 Å². The Bertz CT molecular complexity index is 892. The first-order valence-electron chi connectivity index (χ1n) is 8.15. The van der Waals surface area contributed by atoms with Gasteiger partial charge in [-0.3, -0.25) is 4.79 Å². The van der Waals surface area contributed by atoms with Gasteiger partial charge in [0.05, 0.1) is 0 Å². The summed E-state index contributed by atoms with van der Waals surface area (Å²) < 4.78 is 0. The molecule has 3 nitrogen and oxygen atoms in total. The number of carbonyl (C=O) groups excluding carboxylic acids is 1. The Morgan fingerprint density at radius 3 is 2.83 bits per heavy atom. The lowest BCUT2D eigenvalue weighted by Gasteiger charge is -2.06. The molecule has 0 fully saturated rings. The molecule has 0 saturated heterocycles. The van der Waals surface area contributed by atoms with Crippen LogP contribution in [0.1, 0.15) is 34.3 Å². The van der Waals surface area contributed by atoms with Crippen LogP contribution in [0, 0.1) is 0 Å². The van der Waals surface area contributed by atoms with Gasteiger partial charge in [0.25, 0.3) is 0 Å². The number of rotatable bonds is 3. The van der Waals surface area contributed by atoms with Crippen LogP contribution in [-0.4, -0.2) is 22.5 Å². The Kier molecular flexibility index (Phi) is 3.50. The highest BCUT2D eigenvalue weighted by molar-refractivity contribution is 6.11. The van der Waals surface area contributed by atoms with Crippen molar-refractivity contribution in [3.63, 3.8) is 0 Å². The molecule has 3 aromatic rings. The van der Waals surface area contributed by atoms with Crippen molar-refractivity contribution in [2.24, 2.45) is 0 Å². The molecule has 0 atom stereocenters. The van der Waals surface area contributed by atoms with Crippen molar-refractivity contribution in [2.45, 2.75) is 25.7 Å². The number of aromatic nitrogens is 1. The predicted molar refractivity (Wildman–Crippen MR) is 91.8 cm³/mol. The van der Waals surface area contributed by atoms with Crippen LogP contribution < -0.4 is 0 Å². The largest absolute Gasteiger partial charge is 0.396 e. The number of Topliss-reactive ketones (excluding diaryl/α,β-unsaturated/α-hetero) is 1. The molecule has 0 amide bonds. The lowest BCUT2D eigenvalue weighted by Crippen LogP contribution is -1.96. The van der Waals surface area contributed by atoms with Crippen LogP contribution in [0.3, 0.4) is 0 Å². The van der Waals surface area contributed by atoms with Gasteiger partial charge in [-0.2, -0.15) is 0 Å². The number of aliphatic hydroxyl groups excluding tert-OH is 1. The highest BCUT2D eigenvalue weighted by atomic mass is 16.2. The molecule has 0 saturated carbocycles. The van der Waals surface area contributed by atoms with Gasteiger partial charge in [-0.15, -0.1) is 0 Å². The molecule has 3 heteroatoms. The van der Waals surface area contributed by atoms with E-state index in [1.165, 1.54) is 5.56 Å². The van der Waals surface area contributed by atoms with Gasteiger partial charge in [0.1, 0.15) is 0 Å². The zero-order valence-corrected chi connectivity index (χ0v) is 12.9. The van der Waals surface area contributed by atoms with Crippen LogP contribution in [0.2, 0.25) is 0 Å². The minimum atomic E-state index is 0.154. The standard InChI is InChI=1S/C20H19NO2/c22-11-10-13-4-1-5-14(12-13)20-16-7-3-9-18(23)15-6-2-8-17(21-20)19(15)16/h1-2,4-6,8,12,21-22H,3,7,9-11H2. The van der Waals surface area contributed by atoms with Crippen molar-refractivity contribution in [1.29, 1.82) is 0 Å². The molecule has 1 aliphatic rings. The second-order valence-electron chi connectivity index (χ2n) is 6.16. The molecule has 23 heavy (non-hydrogen) atoms. The minimum absolute atomic E-state index is 0.154. The van der Waals surface area contributed by atoms with Crippen molar-refractivity contribution >= 4 is 16.7 Å². The van der Waals surface area contributed by atoms with Crippen molar-refractivity contribution in [2.75, 3.05) is 6.61 Å². The van der Waals surface area contributed by atoms with E-state index >= 15 is 0 Å². The molecular weight excluding hydrogens is 286 g/mol. The zero-order valence-electron chi connectivity index (χ0n) is 12.9. The number of hydrogen-bond acceptors (Lipinski definition) is 2. The average Bonchev–Trinajstić information content (AvgIpc) is 2.85. The molecule has 2 N–H and O–H groups in total. The maximum atomic E-state index is 12.3. The summed E-state index contributed by atoms with van der Waals surface area (Å²) in [5.74, 6) is 0.244. The van der Waals surface area contributed by atoms with Gasteiger partial charge in [0.2, 0.25) is 0 Å². The Morgan fingerprint density at radius 1 is 1.09 bits per heavy atom. The Balaban J connectivity index is 1.94. The van der Waals surface area contributed by atoms with Gasteiger partial charge in [-0.1, -0.05) is 30.3 Å². The number of H-pyrrole nitrogens is 1. The third-order valence-corrected chi connectivity index (χ3v) is 4.67. The number of aromatic amines is 1. The maximum absolute atomic E-state index is 12.3. The minimum Gasteiger partial charge on any atom is -0.396 e. The van der Waals surface area contributed by atoms with E-state index in [-0.39, 0.29) is 12.4 Å². The van der Waals surface area contributed by atoms with Gasteiger partial charge >= 0.3 is 0 Å². The summed E-state index contributed by atoms with van der Waals surface area (Å²) in [5.41, 5.74) is 6.51. The Labute approximate surface area is 135 Å². The molecule has 1 heterocycles. The summed E-state index contributed by atoms with van der Waals surface area (Å²) in [6.07, 6.45) is 3.09. The van der Waals surface area contributed by atoms with E-state index in [1.807, 2.05) is 30.3 Å². The number of aliphatic hydroxyl groups is 1. The van der Waals surface area contributed by atoms with E-state index in [0.29, 0.717) is 12.8 Å². The quantitative estimate of drug-likeness (QED) is 0.771. The predicted octanol–water partition coefficient (Wildman–Crippen LogP) is 3.89. The molecule has 0 aliphatic heterocycles. The smallest absolute Gasteiger partial charge is 0.163 e. The van der Waals surface area contributed by atoms with E-state index in [4.69, 9.17) is 5.11 Å². The van der Waals surface area contributed by atoms with Gasteiger partial charge in [-0.05, 0) is 48.1 Å². The second-order valence-corrected chi connectivity index (χ2v) is 6.16. The lowest BCUT2D eigenvalue weighted by molar-refractivity contribution is 0.0983. The van der Waals surface area contributed by atoms with Gasteiger partial charge < -0.3 is 10.1 Å². The van der Waals surface area contributed by atoms with Crippen molar-refractivity contribution in [3.05, 3.63) is 59.2 Å². The number of benzene rings is 2. The fourth-order valence-corrected chi connectivity index (χ4v) is 3.62. The van der Waals surface area contributed by atoms with Crippen LogP contribution in [0.15, 0.2) is 42.5 Å². The first kappa shape index (κ1) is 14.2. The third kappa shape index (κ3) is 2.37. The number of ketones is 1. The first-order valence-corrected chi connectivity index (χ1v) is 8.15. The highest BCUT2D eigenvalue weighted by Gasteiger charge is 2.22. The molecule has 116 valence electrons. The van der Waals surface area contributed by atoms with Crippen molar-refractivity contribution in [3.8, 4) is 11.3 Å². The van der Waals surface area contributed by atoms with Gasteiger partial charge in [-0.25, -0.2) is 0 Å². The van der Waals surface area contributed by atoms with E-state index in [9.17, 15) is 4.79 Å². The fourth-order valence-electron chi connectivity index (χ4n) is 3.62. The molecule has 0 spiro atoms. The lowest BCUT2D eigenvalue weighted by atomic mass is 9.99. The second kappa shape index (κ2) is 5.67. The molecule has 0 bridgehead atoms. The number of aryl methyl sites for hydroxylation is 1. The van der Waals surface area contributed by atoms with Gasteiger partial charge in [0.15, 0.2) is 5.78 Å². The molecule has 2 aromatic carbocycles. The Morgan fingerprint density at radius 2 is 1.96 bits per heavy atom. The number of nitrogens with one attached hydrogen (secondary N) is 1. The zero-order chi connectivity index (χ0) is 15.8. The summed E-state index contributed by atoms with van der Waals surface area (Å²) in [6, 6.07) is 14.2.